The fourth-order valence-corrected chi connectivity index (χ4v) is 4.84. The Morgan fingerprint density at radius 1 is 0.800 bits per heavy atom. The maximum atomic E-state index is 4.59. The Morgan fingerprint density at radius 2 is 1.36 bits per heavy atom. The molecule has 0 saturated carbocycles. The third-order valence-electron chi connectivity index (χ3n) is 4.84. The second kappa shape index (κ2) is 13.7. The molecule has 142 valence electrons. The molecule has 0 aliphatic carbocycles. The van der Waals surface area contributed by atoms with E-state index in [0.29, 0.717) is 0 Å². The van der Waals surface area contributed by atoms with Crippen molar-refractivity contribution >= 4 is 34.1 Å². The van der Waals surface area contributed by atoms with Gasteiger partial charge in [0.2, 0.25) is 0 Å². The number of hydrogen-bond donors (Lipinski definition) is 1. The lowest BCUT2D eigenvalue weighted by Gasteiger charge is -2.03. The van der Waals surface area contributed by atoms with Gasteiger partial charge in [0.25, 0.3) is 0 Å². The molecule has 0 aromatic carbocycles. The molecule has 2 aromatic heterocycles. The Bertz CT molecular complexity index is 518. The molecule has 2 aromatic rings. The molecule has 0 fully saturated rings. The molecule has 0 amide bonds. The highest BCUT2D eigenvalue weighted by atomic mass is 32.2. The summed E-state index contributed by atoms with van der Waals surface area (Å²) in [6.45, 7) is 2.29. The number of fused-ring (bicyclic) bond motifs is 1. The number of unbranched alkanes of at least 4 members (excludes halogenated alkanes) is 13. The molecule has 2 heterocycles. The van der Waals surface area contributed by atoms with Gasteiger partial charge in [0, 0.05) is 16.5 Å². The number of nitrogens with one attached hydrogen (secondary N) is 1. The van der Waals surface area contributed by atoms with Crippen LogP contribution in [0.4, 0.5) is 0 Å². The van der Waals surface area contributed by atoms with Crippen LogP contribution in [0.15, 0.2) is 15.9 Å². The summed E-state index contributed by atoms with van der Waals surface area (Å²) >= 11 is 3.59. The largest absolute Gasteiger partial charge is 0.332 e. The van der Waals surface area contributed by atoms with E-state index in [0.717, 1.165) is 10.7 Å². The van der Waals surface area contributed by atoms with Gasteiger partial charge in [-0.1, -0.05) is 102 Å². The van der Waals surface area contributed by atoms with Crippen molar-refractivity contribution in [3.63, 3.8) is 0 Å². The summed E-state index contributed by atoms with van der Waals surface area (Å²) in [7, 11) is 0. The number of thiophene rings is 1. The summed E-state index contributed by atoms with van der Waals surface area (Å²) in [4.78, 5) is 7.98. The zero-order chi connectivity index (χ0) is 17.6. The van der Waals surface area contributed by atoms with Gasteiger partial charge in [-0.3, -0.25) is 0 Å². The lowest BCUT2D eigenvalue weighted by Crippen LogP contribution is -1.85. The molecule has 0 unspecified atom stereocenters. The summed E-state index contributed by atoms with van der Waals surface area (Å²) in [6.07, 6.45) is 20.0. The highest BCUT2D eigenvalue weighted by Gasteiger charge is 2.03. The van der Waals surface area contributed by atoms with Crippen molar-refractivity contribution in [3.05, 3.63) is 10.8 Å². The number of aromatic amines is 1. The van der Waals surface area contributed by atoms with E-state index in [1.165, 1.54) is 101 Å². The maximum Gasteiger partial charge on any atom is 0.166 e. The number of aromatic nitrogens is 2. The van der Waals surface area contributed by atoms with Crippen LogP contribution < -0.4 is 0 Å². The topological polar surface area (TPSA) is 28.7 Å². The van der Waals surface area contributed by atoms with E-state index in [-0.39, 0.29) is 0 Å². The third kappa shape index (κ3) is 9.14. The highest BCUT2D eigenvalue weighted by molar-refractivity contribution is 7.99. The second-order valence-electron chi connectivity index (χ2n) is 7.16. The number of H-pyrrole nitrogens is 1. The zero-order valence-corrected chi connectivity index (χ0v) is 17.7. The smallest absolute Gasteiger partial charge is 0.166 e. The minimum absolute atomic E-state index is 1.09. The van der Waals surface area contributed by atoms with Crippen LogP contribution in [-0.4, -0.2) is 15.7 Å². The van der Waals surface area contributed by atoms with E-state index in [4.69, 9.17) is 0 Å². The quantitative estimate of drug-likeness (QED) is 0.235. The van der Waals surface area contributed by atoms with Gasteiger partial charge in [-0.15, -0.1) is 11.3 Å². The first-order valence-corrected chi connectivity index (χ1v) is 12.4. The molecule has 2 rings (SSSR count). The Morgan fingerprint density at radius 3 is 1.92 bits per heavy atom. The van der Waals surface area contributed by atoms with Crippen LogP contribution in [0.1, 0.15) is 96.8 Å². The predicted octanol–water partition coefficient (Wildman–Crippen LogP) is 8.20. The average Bonchev–Trinajstić information content (AvgIpc) is 3.20. The van der Waals surface area contributed by atoms with Crippen molar-refractivity contribution in [1.29, 1.82) is 0 Å². The first-order valence-electron chi connectivity index (χ1n) is 10.4. The summed E-state index contributed by atoms with van der Waals surface area (Å²) in [6, 6.07) is 0. The Hall–Kier alpha value is -0.480. The minimum Gasteiger partial charge on any atom is -0.332 e. The van der Waals surface area contributed by atoms with Gasteiger partial charge in [-0.05, 0) is 6.42 Å². The van der Waals surface area contributed by atoms with E-state index in [1.54, 1.807) is 11.3 Å². The van der Waals surface area contributed by atoms with E-state index in [9.17, 15) is 0 Å². The standard InChI is InChI=1S/C21H36N2S2/c1-2-3-4-5-6-7-8-9-10-11-12-13-14-15-16-25-21-22-19-17-24-18-20(19)23-21/h17-18H,2-16H2,1H3,(H,22,23). The Balaban J connectivity index is 1.30. The predicted molar refractivity (Wildman–Crippen MR) is 115 cm³/mol. The molecule has 0 atom stereocenters. The van der Waals surface area contributed by atoms with Gasteiger partial charge in [0.15, 0.2) is 5.16 Å². The van der Waals surface area contributed by atoms with Crippen molar-refractivity contribution in [2.45, 2.75) is 102 Å². The van der Waals surface area contributed by atoms with Crippen LogP contribution in [-0.2, 0) is 0 Å². The fourth-order valence-electron chi connectivity index (χ4n) is 3.26. The van der Waals surface area contributed by atoms with Gasteiger partial charge < -0.3 is 4.98 Å². The third-order valence-corrected chi connectivity index (χ3v) is 6.53. The number of rotatable bonds is 16. The van der Waals surface area contributed by atoms with Crippen LogP contribution in [0.2, 0.25) is 0 Å². The van der Waals surface area contributed by atoms with E-state index >= 15 is 0 Å². The maximum absolute atomic E-state index is 4.59. The van der Waals surface area contributed by atoms with Crippen molar-refractivity contribution in [2.75, 3.05) is 5.75 Å². The summed E-state index contributed by atoms with van der Waals surface area (Å²) in [5.41, 5.74) is 2.31. The monoisotopic (exact) mass is 380 g/mol. The number of nitrogens with zero attached hydrogens (tertiary/aromatic N) is 1. The molecular weight excluding hydrogens is 344 g/mol. The van der Waals surface area contributed by atoms with E-state index < -0.39 is 0 Å². The Labute approximate surface area is 162 Å². The molecule has 2 nitrogen and oxygen atoms in total. The van der Waals surface area contributed by atoms with Gasteiger partial charge >= 0.3 is 0 Å². The molecule has 0 aliphatic heterocycles. The second-order valence-corrected chi connectivity index (χ2v) is 8.98. The van der Waals surface area contributed by atoms with Gasteiger partial charge in [-0.2, -0.15) is 0 Å². The molecule has 0 bridgehead atoms. The van der Waals surface area contributed by atoms with Crippen molar-refractivity contribution in [1.82, 2.24) is 9.97 Å². The summed E-state index contributed by atoms with van der Waals surface area (Å²) in [5, 5.41) is 5.34. The summed E-state index contributed by atoms with van der Waals surface area (Å²) in [5.74, 6) is 1.19. The SMILES string of the molecule is CCCCCCCCCCCCCCCCSc1nc2cscc2[nH]1. The lowest BCUT2D eigenvalue weighted by atomic mass is 10.0. The van der Waals surface area contributed by atoms with Crippen LogP contribution in [0.5, 0.6) is 0 Å². The number of imidazole rings is 1. The van der Waals surface area contributed by atoms with E-state index in [2.05, 4.69) is 27.7 Å². The molecule has 1 N–H and O–H groups in total. The molecule has 4 heteroatoms. The van der Waals surface area contributed by atoms with Crippen LogP contribution in [0, 0.1) is 0 Å². The lowest BCUT2D eigenvalue weighted by molar-refractivity contribution is 0.538. The van der Waals surface area contributed by atoms with Crippen LogP contribution >= 0.6 is 23.1 Å². The normalized spacial score (nSPS) is 11.6. The molecule has 0 aliphatic rings. The molecule has 0 saturated heterocycles. The van der Waals surface area contributed by atoms with Crippen LogP contribution in [0.25, 0.3) is 11.0 Å². The van der Waals surface area contributed by atoms with Gasteiger partial charge in [0.1, 0.15) is 5.52 Å². The number of thioether (sulfide) groups is 1. The van der Waals surface area contributed by atoms with Crippen molar-refractivity contribution < 1.29 is 0 Å². The average molecular weight is 381 g/mol. The highest BCUT2D eigenvalue weighted by Crippen LogP contribution is 2.23. The molecular formula is C21H36N2S2. The molecule has 0 radical (unpaired) electrons. The van der Waals surface area contributed by atoms with Gasteiger partial charge in [-0.25, -0.2) is 4.98 Å². The number of hydrogen-bond acceptors (Lipinski definition) is 3. The van der Waals surface area contributed by atoms with Gasteiger partial charge in [0.05, 0.1) is 5.52 Å². The molecule has 25 heavy (non-hydrogen) atoms. The van der Waals surface area contributed by atoms with Crippen molar-refractivity contribution in [3.8, 4) is 0 Å². The van der Waals surface area contributed by atoms with Crippen molar-refractivity contribution in [2.24, 2.45) is 0 Å². The molecule has 0 spiro atoms. The van der Waals surface area contributed by atoms with E-state index in [1.807, 2.05) is 11.8 Å². The first-order chi connectivity index (χ1) is 12.4. The van der Waals surface area contributed by atoms with Crippen LogP contribution in [0.3, 0.4) is 0 Å². The fraction of sp³-hybridized carbons (Fsp3) is 0.762. The zero-order valence-electron chi connectivity index (χ0n) is 16.0. The minimum atomic E-state index is 1.09. The first kappa shape index (κ1) is 20.8. The Kier molecular flexibility index (Phi) is 11.4. The summed E-state index contributed by atoms with van der Waals surface area (Å²) < 4.78 is 0.